The van der Waals surface area contributed by atoms with Crippen LogP contribution in [0.25, 0.3) is 0 Å². The Bertz CT molecular complexity index is 775. The van der Waals surface area contributed by atoms with Crippen LogP contribution >= 0.6 is 0 Å². The third kappa shape index (κ3) is 10.7. The van der Waals surface area contributed by atoms with Crippen LogP contribution in [0.2, 0.25) is 0 Å². The second-order valence-electron chi connectivity index (χ2n) is 8.89. The Morgan fingerprint density at radius 1 is 1.00 bits per heavy atom. The van der Waals surface area contributed by atoms with E-state index in [0.717, 1.165) is 44.5 Å². The highest BCUT2D eigenvalue weighted by molar-refractivity contribution is 5.89. The summed E-state index contributed by atoms with van der Waals surface area (Å²) < 4.78 is 0. The molecular weight excluding hydrogens is 422 g/mol. The lowest BCUT2D eigenvalue weighted by Gasteiger charge is -2.45. The average Bonchev–Trinajstić information content (AvgIpc) is 2.86. The van der Waals surface area contributed by atoms with Gasteiger partial charge in [-0.2, -0.15) is 0 Å². The Balaban J connectivity index is 0.00000137. The Kier molecular flexibility index (Phi) is 14.2. The molecule has 0 aromatic heterocycles. The maximum Gasteiger partial charge on any atom is 0.319 e. The van der Waals surface area contributed by atoms with Gasteiger partial charge in [-0.1, -0.05) is 76.2 Å². The number of amides is 2. The van der Waals surface area contributed by atoms with Gasteiger partial charge in [0.25, 0.3) is 0 Å². The Labute approximate surface area is 208 Å². The summed E-state index contributed by atoms with van der Waals surface area (Å²) in [7, 11) is 0. The lowest BCUT2D eigenvalue weighted by molar-refractivity contribution is -0.0483. The quantitative estimate of drug-likeness (QED) is 0.395. The number of carbonyl (C=O) groups is 1. The van der Waals surface area contributed by atoms with E-state index in [2.05, 4.69) is 45.9 Å². The molecule has 1 saturated heterocycles. The molecule has 2 atom stereocenters. The largest absolute Gasteiger partial charge is 0.389 e. The maximum atomic E-state index is 12.0. The molecular formula is C29H47N3O2. The fourth-order valence-corrected chi connectivity index (χ4v) is 4.40. The summed E-state index contributed by atoms with van der Waals surface area (Å²) in [6, 6.07) is 20.0. The lowest BCUT2D eigenvalue weighted by atomic mass is 9.80. The number of urea groups is 1. The highest BCUT2D eigenvalue weighted by Gasteiger charge is 2.37. The van der Waals surface area contributed by atoms with Crippen LogP contribution in [0.5, 0.6) is 0 Å². The molecule has 0 saturated carbocycles. The van der Waals surface area contributed by atoms with E-state index in [9.17, 15) is 9.90 Å². The van der Waals surface area contributed by atoms with Crippen molar-refractivity contribution in [2.75, 3.05) is 25.0 Å². The maximum absolute atomic E-state index is 12.0. The SMILES string of the molecule is CC.CC.CC(C)(O)C1C[C@@H](Cc2ccccc2)CCN1CCCNC(=O)Nc1ccccc1. The zero-order valence-corrected chi connectivity index (χ0v) is 22.2. The Morgan fingerprint density at radius 3 is 2.18 bits per heavy atom. The topological polar surface area (TPSA) is 64.6 Å². The third-order valence-electron chi connectivity index (χ3n) is 5.94. The number of hydrogen-bond donors (Lipinski definition) is 3. The molecule has 1 aliphatic heterocycles. The third-order valence-corrected chi connectivity index (χ3v) is 5.94. The van der Waals surface area contributed by atoms with Crippen LogP contribution in [-0.4, -0.2) is 47.3 Å². The molecule has 190 valence electrons. The predicted molar refractivity (Wildman–Crippen MR) is 145 cm³/mol. The molecule has 0 radical (unpaired) electrons. The highest BCUT2D eigenvalue weighted by Crippen LogP contribution is 2.31. The van der Waals surface area contributed by atoms with Crippen LogP contribution in [0.1, 0.15) is 66.4 Å². The number of piperidine rings is 1. The number of benzene rings is 2. The van der Waals surface area contributed by atoms with Crippen LogP contribution in [-0.2, 0) is 6.42 Å². The summed E-state index contributed by atoms with van der Waals surface area (Å²) in [5.41, 5.74) is 1.42. The van der Waals surface area contributed by atoms with E-state index in [0.29, 0.717) is 12.5 Å². The number of nitrogens with zero attached hydrogens (tertiary/aromatic N) is 1. The zero-order chi connectivity index (χ0) is 25.4. The van der Waals surface area contributed by atoms with Crippen LogP contribution in [0, 0.1) is 5.92 Å². The number of anilines is 1. The van der Waals surface area contributed by atoms with Gasteiger partial charge in [0.05, 0.1) is 5.60 Å². The first kappa shape index (κ1) is 29.7. The molecule has 0 aliphatic carbocycles. The summed E-state index contributed by atoms with van der Waals surface area (Å²) in [5, 5.41) is 16.5. The normalized spacial score (nSPS) is 18.0. The van der Waals surface area contributed by atoms with Gasteiger partial charge in [0.15, 0.2) is 0 Å². The first-order valence-corrected chi connectivity index (χ1v) is 13.0. The minimum atomic E-state index is -0.743. The minimum absolute atomic E-state index is 0.137. The first-order valence-electron chi connectivity index (χ1n) is 13.0. The van der Waals surface area contributed by atoms with E-state index >= 15 is 0 Å². The van der Waals surface area contributed by atoms with Crippen LogP contribution in [0.15, 0.2) is 60.7 Å². The molecule has 1 aliphatic rings. The van der Waals surface area contributed by atoms with Crippen molar-refractivity contribution in [3.63, 3.8) is 0 Å². The van der Waals surface area contributed by atoms with E-state index in [1.54, 1.807) is 0 Å². The summed E-state index contributed by atoms with van der Waals surface area (Å²) in [4.78, 5) is 14.4. The lowest BCUT2D eigenvalue weighted by Crippen LogP contribution is -2.54. The van der Waals surface area contributed by atoms with Crippen molar-refractivity contribution in [2.24, 2.45) is 5.92 Å². The molecule has 2 amide bonds. The monoisotopic (exact) mass is 469 g/mol. The molecule has 0 bridgehead atoms. The van der Waals surface area contributed by atoms with Crippen molar-refractivity contribution < 1.29 is 9.90 Å². The number of para-hydroxylation sites is 1. The molecule has 34 heavy (non-hydrogen) atoms. The Morgan fingerprint density at radius 2 is 1.59 bits per heavy atom. The van der Waals surface area contributed by atoms with Gasteiger partial charge < -0.3 is 15.7 Å². The van der Waals surface area contributed by atoms with Gasteiger partial charge in [-0.25, -0.2) is 4.79 Å². The molecule has 3 N–H and O–H groups in total. The number of hydrogen-bond acceptors (Lipinski definition) is 3. The van der Waals surface area contributed by atoms with Crippen molar-refractivity contribution in [1.82, 2.24) is 10.2 Å². The fourth-order valence-electron chi connectivity index (χ4n) is 4.40. The molecule has 2 aromatic carbocycles. The standard InChI is InChI=1S/C25H35N3O2.2C2H6/c1-25(2,30)23-19-21(18-20-10-5-3-6-11-20)14-17-28(23)16-9-15-26-24(29)27-22-12-7-4-8-13-22;2*1-2/h3-8,10-13,21,23,30H,9,14-19H2,1-2H3,(H2,26,27,29);2*1-2H3/t21-,23?;;/m1../s1. The van der Waals surface area contributed by atoms with Crippen LogP contribution in [0.4, 0.5) is 10.5 Å². The molecule has 2 aromatic rings. The van der Waals surface area contributed by atoms with Gasteiger partial charge in [0, 0.05) is 24.8 Å². The van der Waals surface area contributed by atoms with Crippen molar-refractivity contribution >= 4 is 11.7 Å². The number of carbonyl (C=O) groups excluding carboxylic acids is 1. The zero-order valence-electron chi connectivity index (χ0n) is 22.2. The molecule has 1 unspecified atom stereocenters. The molecule has 1 heterocycles. The highest BCUT2D eigenvalue weighted by atomic mass is 16.3. The molecule has 5 heteroatoms. The van der Waals surface area contributed by atoms with E-state index in [1.165, 1.54) is 5.56 Å². The van der Waals surface area contributed by atoms with E-state index < -0.39 is 5.60 Å². The molecule has 1 fully saturated rings. The van der Waals surface area contributed by atoms with E-state index in [4.69, 9.17) is 0 Å². The summed E-state index contributed by atoms with van der Waals surface area (Å²) in [6.07, 6.45) is 4.07. The van der Waals surface area contributed by atoms with Crippen LogP contribution in [0.3, 0.4) is 0 Å². The summed E-state index contributed by atoms with van der Waals surface area (Å²) in [6.45, 7) is 14.3. The predicted octanol–water partition coefficient (Wildman–Crippen LogP) is 6.34. The number of likely N-dealkylation sites (tertiary alicyclic amines) is 1. The smallest absolute Gasteiger partial charge is 0.319 e. The molecule has 3 rings (SSSR count). The van der Waals surface area contributed by atoms with Crippen molar-refractivity contribution in [1.29, 1.82) is 0 Å². The summed E-state index contributed by atoms with van der Waals surface area (Å²) in [5.74, 6) is 0.592. The van der Waals surface area contributed by atoms with Crippen molar-refractivity contribution in [3.8, 4) is 0 Å². The number of nitrogens with one attached hydrogen (secondary N) is 2. The van der Waals surface area contributed by atoms with Crippen molar-refractivity contribution in [3.05, 3.63) is 66.2 Å². The van der Waals surface area contributed by atoms with Gasteiger partial charge in [0.1, 0.15) is 0 Å². The number of aliphatic hydroxyl groups is 1. The number of rotatable bonds is 8. The minimum Gasteiger partial charge on any atom is -0.389 e. The average molecular weight is 470 g/mol. The first-order chi connectivity index (χ1) is 16.4. The van der Waals surface area contributed by atoms with Crippen LogP contribution < -0.4 is 10.6 Å². The van der Waals surface area contributed by atoms with E-state index in [-0.39, 0.29) is 12.1 Å². The molecule has 5 nitrogen and oxygen atoms in total. The molecule has 0 spiro atoms. The van der Waals surface area contributed by atoms with Gasteiger partial charge >= 0.3 is 6.03 Å². The summed E-state index contributed by atoms with van der Waals surface area (Å²) >= 11 is 0. The van der Waals surface area contributed by atoms with E-state index in [1.807, 2.05) is 71.9 Å². The second-order valence-corrected chi connectivity index (χ2v) is 8.89. The van der Waals surface area contributed by atoms with Crippen molar-refractivity contribution in [2.45, 2.75) is 78.9 Å². The van der Waals surface area contributed by atoms with Gasteiger partial charge in [-0.15, -0.1) is 0 Å². The second kappa shape index (κ2) is 16.3. The van der Waals surface area contributed by atoms with Gasteiger partial charge in [-0.05, 0) is 69.7 Å². The van der Waals surface area contributed by atoms with Gasteiger partial charge in [0.2, 0.25) is 0 Å². The Hall–Kier alpha value is -2.37. The van der Waals surface area contributed by atoms with Gasteiger partial charge in [-0.3, -0.25) is 4.90 Å². The fraction of sp³-hybridized carbons (Fsp3) is 0.552.